The van der Waals surface area contributed by atoms with Crippen LogP contribution < -0.4 is 5.32 Å². The van der Waals surface area contributed by atoms with Gasteiger partial charge < -0.3 is 14.9 Å². The lowest BCUT2D eigenvalue weighted by atomic mass is 9.70. The average molecular weight is 456 g/mol. The smallest absolute Gasteiger partial charge is 0.449 e. The van der Waals surface area contributed by atoms with Crippen LogP contribution in [0.1, 0.15) is 78.9 Å². The van der Waals surface area contributed by atoms with E-state index in [9.17, 15) is 19.2 Å². The highest BCUT2D eigenvalue weighted by molar-refractivity contribution is 6.24. The van der Waals surface area contributed by atoms with Gasteiger partial charge in [0.15, 0.2) is 0 Å². The SMILES string of the molecule is Cc1ccnc(-c2c3c(cc(C(C)(C)C)c2C(C)(C)C)C(=O)NC3=O)c1.O=C(O)OC(=O)O. The topological polar surface area (TPSA) is 143 Å². The van der Waals surface area contributed by atoms with Gasteiger partial charge in [-0.25, -0.2) is 9.59 Å². The Morgan fingerprint density at radius 1 is 0.909 bits per heavy atom. The maximum absolute atomic E-state index is 12.6. The van der Waals surface area contributed by atoms with Crippen LogP contribution >= 0.6 is 0 Å². The number of aryl methyl sites for hydroxylation is 1. The van der Waals surface area contributed by atoms with E-state index >= 15 is 0 Å². The van der Waals surface area contributed by atoms with E-state index in [1.54, 1.807) is 6.20 Å². The molecular weight excluding hydrogens is 428 g/mol. The van der Waals surface area contributed by atoms with Crippen molar-refractivity contribution in [3.63, 3.8) is 0 Å². The van der Waals surface area contributed by atoms with Crippen molar-refractivity contribution < 1.29 is 34.1 Å². The first-order chi connectivity index (χ1) is 15.0. The number of hydrogen-bond acceptors (Lipinski definition) is 6. The molecule has 2 amide bonds. The van der Waals surface area contributed by atoms with Crippen molar-refractivity contribution >= 4 is 24.1 Å². The molecule has 0 saturated heterocycles. The fourth-order valence-electron chi connectivity index (χ4n) is 3.71. The largest absolute Gasteiger partial charge is 0.516 e. The molecule has 1 aliphatic heterocycles. The summed E-state index contributed by atoms with van der Waals surface area (Å²) in [7, 11) is 0. The van der Waals surface area contributed by atoms with E-state index in [-0.39, 0.29) is 22.6 Å². The number of nitrogens with one attached hydrogen (secondary N) is 1. The molecule has 0 atom stereocenters. The van der Waals surface area contributed by atoms with Crippen molar-refractivity contribution in [1.82, 2.24) is 10.3 Å². The molecule has 3 rings (SSSR count). The maximum Gasteiger partial charge on any atom is 0.516 e. The average Bonchev–Trinajstić information content (AvgIpc) is 2.92. The summed E-state index contributed by atoms with van der Waals surface area (Å²) in [6.45, 7) is 14.8. The summed E-state index contributed by atoms with van der Waals surface area (Å²) in [5.74, 6) is -0.667. The molecule has 176 valence electrons. The zero-order valence-electron chi connectivity index (χ0n) is 19.7. The minimum absolute atomic E-state index is 0.178. The molecule has 0 bridgehead atoms. The Hall–Kier alpha value is -3.75. The van der Waals surface area contributed by atoms with Gasteiger partial charge in [0.25, 0.3) is 11.8 Å². The number of nitrogens with zero attached hydrogens (tertiary/aromatic N) is 1. The lowest BCUT2D eigenvalue weighted by Crippen LogP contribution is -2.25. The highest BCUT2D eigenvalue weighted by Crippen LogP contribution is 2.44. The molecule has 0 fully saturated rings. The second-order valence-corrected chi connectivity index (χ2v) is 9.73. The molecule has 1 aromatic heterocycles. The number of hydrogen-bond donors (Lipinski definition) is 3. The number of pyridine rings is 1. The maximum atomic E-state index is 12.6. The number of carbonyl (C=O) groups excluding carboxylic acids is 2. The zero-order chi connectivity index (χ0) is 25.3. The number of ether oxygens (including phenoxy) is 1. The number of fused-ring (bicyclic) bond motifs is 1. The van der Waals surface area contributed by atoms with Gasteiger partial charge in [-0.3, -0.25) is 19.9 Å². The van der Waals surface area contributed by atoms with Crippen molar-refractivity contribution in [3.05, 3.63) is 52.2 Å². The summed E-state index contributed by atoms with van der Waals surface area (Å²) in [5.41, 5.74) is 5.24. The van der Waals surface area contributed by atoms with E-state index in [1.165, 1.54) is 0 Å². The molecule has 33 heavy (non-hydrogen) atoms. The van der Waals surface area contributed by atoms with Crippen molar-refractivity contribution in [2.45, 2.75) is 59.3 Å². The van der Waals surface area contributed by atoms with Crippen LogP contribution in [0.15, 0.2) is 24.4 Å². The third-order valence-electron chi connectivity index (χ3n) is 4.93. The van der Waals surface area contributed by atoms with E-state index in [0.717, 1.165) is 27.9 Å². The van der Waals surface area contributed by atoms with E-state index < -0.39 is 12.3 Å². The number of aromatic nitrogens is 1. The number of benzene rings is 1. The second kappa shape index (κ2) is 9.01. The van der Waals surface area contributed by atoms with Gasteiger partial charge in [-0.2, -0.15) is 0 Å². The first-order valence-electron chi connectivity index (χ1n) is 10.2. The summed E-state index contributed by atoms with van der Waals surface area (Å²) in [4.78, 5) is 48.0. The van der Waals surface area contributed by atoms with Crippen LogP contribution in [-0.4, -0.2) is 39.3 Å². The molecule has 3 N–H and O–H groups in total. The summed E-state index contributed by atoms with van der Waals surface area (Å²) in [5, 5.41) is 17.4. The lowest BCUT2D eigenvalue weighted by molar-refractivity contribution is 0.0796. The van der Waals surface area contributed by atoms with Crippen molar-refractivity contribution in [3.8, 4) is 11.3 Å². The second-order valence-electron chi connectivity index (χ2n) is 9.73. The van der Waals surface area contributed by atoms with Crippen LogP contribution in [-0.2, 0) is 15.6 Å². The number of rotatable bonds is 1. The monoisotopic (exact) mass is 456 g/mol. The third kappa shape index (κ3) is 5.74. The molecule has 9 heteroatoms. The van der Waals surface area contributed by atoms with Crippen molar-refractivity contribution in [2.24, 2.45) is 0 Å². The fraction of sp³-hybridized carbons (Fsp3) is 0.375. The summed E-state index contributed by atoms with van der Waals surface area (Å²) >= 11 is 0. The quantitative estimate of drug-likeness (QED) is 0.312. The highest BCUT2D eigenvalue weighted by atomic mass is 16.7. The van der Waals surface area contributed by atoms with Gasteiger partial charge in [0, 0.05) is 11.8 Å². The van der Waals surface area contributed by atoms with Crippen LogP contribution in [0.3, 0.4) is 0 Å². The van der Waals surface area contributed by atoms with Crippen molar-refractivity contribution in [1.29, 1.82) is 0 Å². The Labute approximate surface area is 191 Å². The predicted molar refractivity (Wildman–Crippen MR) is 121 cm³/mol. The van der Waals surface area contributed by atoms with Gasteiger partial charge in [-0.05, 0) is 52.6 Å². The van der Waals surface area contributed by atoms with Gasteiger partial charge in [0.05, 0.1) is 16.8 Å². The number of carboxylic acid groups (broad SMARTS) is 2. The molecule has 0 saturated carbocycles. The minimum atomic E-state index is -1.81. The van der Waals surface area contributed by atoms with Crippen LogP contribution in [0.5, 0.6) is 0 Å². The zero-order valence-corrected chi connectivity index (χ0v) is 19.7. The Kier molecular flexibility index (Phi) is 6.97. The molecule has 0 spiro atoms. The molecule has 2 heterocycles. The van der Waals surface area contributed by atoms with E-state index in [0.29, 0.717) is 11.1 Å². The minimum Gasteiger partial charge on any atom is -0.449 e. The van der Waals surface area contributed by atoms with E-state index in [2.05, 4.69) is 56.6 Å². The van der Waals surface area contributed by atoms with Gasteiger partial charge >= 0.3 is 12.3 Å². The normalized spacial score (nSPS) is 12.9. The molecule has 1 aromatic carbocycles. The van der Waals surface area contributed by atoms with Crippen molar-refractivity contribution in [2.75, 3.05) is 0 Å². The molecule has 0 unspecified atom stereocenters. The standard InChI is InChI=1S/C22H26N2O2.C2H2O5/c1-12-8-9-23-15(10-12)17-16-13(19(25)24-20(16)26)11-14(21(2,3)4)18(17)22(5,6)7;3-1(4)7-2(5)6/h8-11H,1-7H3,(H,24,25,26);(H,3,4)(H,5,6). The fourth-order valence-corrected chi connectivity index (χ4v) is 3.71. The summed E-state index contributed by atoms with van der Waals surface area (Å²) in [6, 6.07) is 5.81. The van der Waals surface area contributed by atoms with Crippen LogP contribution in [0.2, 0.25) is 0 Å². The Morgan fingerprint density at radius 2 is 1.48 bits per heavy atom. The third-order valence-corrected chi connectivity index (χ3v) is 4.93. The first-order valence-corrected chi connectivity index (χ1v) is 10.2. The molecule has 2 aromatic rings. The number of imide groups is 1. The lowest BCUT2D eigenvalue weighted by Gasteiger charge is -2.33. The molecule has 9 nitrogen and oxygen atoms in total. The highest BCUT2D eigenvalue weighted by Gasteiger charge is 2.38. The molecule has 0 aliphatic carbocycles. The first kappa shape index (κ1) is 25.5. The van der Waals surface area contributed by atoms with Gasteiger partial charge in [-0.15, -0.1) is 0 Å². The molecule has 0 radical (unpaired) electrons. The van der Waals surface area contributed by atoms with Crippen LogP contribution in [0.4, 0.5) is 9.59 Å². The van der Waals surface area contributed by atoms with Crippen LogP contribution in [0, 0.1) is 6.92 Å². The predicted octanol–water partition coefficient (Wildman–Crippen LogP) is 4.89. The summed E-state index contributed by atoms with van der Waals surface area (Å²) < 4.78 is 3.08. The molecule has 1 aliphatic rings. The van der Waals surface area contributed by atoms with Crippen LogP contribution in [0.25, 0.3) is 11.3 Å². The van der Waals surface area contributed by atoms with Gasteiger partial charge in [0.1, 0.15) is 0 Å². The van der Waals surface area contributed by atoms with Gasteiger partial charge in [-0.1, -0.05) is 41.5 Å². The van der Waals surface area contributed by atoms with Gasteiger partial charge in [0.2, 0.25) is 0 Å². The molecular formula is C24H28N2O7. The Bertz CT molecular complexity index is 1130. The van der Waals surface area contributed by atoms with E-state index in [4.69, 9.17) is 10.2 Å². The van der Waals surface area contributed by atoms with E-state index in [1.807, 2.05) is 25.1 Å². The Balaban J connectivity index is 0.000000479. The number of amides is 2. The number of carbonyl (C=O) groups is 4. The summed E-state index contributed by atoms with van der Waals surface area (Å²) in [6.07, 6.45) is -1.87. The Morgan fingerprint density at radius 3 is 1.91 bits per heavy atom.